The Bertz CT molecular complexity index is 874. The van der Waals surface area contributed by atoms with Crippen LogP contribution < -0.4 is 15.9 Å². The zero-order chi connectivity index (χ0) is 17.0. The molecule has 0 atom stereocenters. The van der Waals surface area contributed by atoms with Gasteiger partial charge in [0.1, 0.15) is 4.90 Å². The number of benzene rings is 2. The van der Waals surface area contributed by atoms with Crippen molar-refractivity contribution in [2.45, 2.75) is 4.90 Å². The maximum absolute atomic E-state index is 11.8. The van der Waals surface area contributed by atoms with Crippen molar-refractivity contribution >= 4 is 51.1 Å². The number of hydrogen-bond donors (Lipinski definition) is 3. The molecular weight excluding hydrogens is 359 g/mol. The fourth-order valence-corrected chi connectivity index (χ4v) is 3.06. The molecule has 0 spiro atoms. The molecule has 0 aromatic heterocycles. The van der Waals surface area contributed by atoms with Crippen LogP contribution in [-0.2, 0) is 10.0 Å². The lowest BCUT2D eigenvalue weighted by atomic mass is 10.2. The Hall–Kier alpha value is -2.09. The summed E-state index contributed by atoms with van der Waals surface area (Å²) >= 11 is 11.9. The predicted octanol–water partition coefficient (Wildman–Crippen LogP) is 0.787. The Labute approximate surface area is 143 Å². The molecule has 0 bridgehead atoms. The largest absolute Gasteiger partial charge is 0.353 e. The highest BCUT2D eigenvalue weighted by Gasteiger charge is 2.14. The lowest BCUT2D eigenvalue weighted by Gasteiger charge is -2.00. The normalized spacial score (nSPS) is 11.6. The summed E-state index contributed by atoms with van der Waals surface area (Å²) < 4.78 is 25.7. The van der Waals surface area contributed by atoms with Crippen molar-refractivity contribution in [2.75, 3.05) is 0 Å². The minimum atomic E-state index is -3.78. The van der Waals surface area contributed by atoms with Crippen LogP contribution in [0.15, 0.2) is 52.4 Å². The van der Waals surface area contributed by atoms with Gasteiger partial charge in [-0.2, -0.15) is 12.8 Å². The third-order valence-electron chi connectivity index (χ3n) is 2.71. The zero-order valence-corrected chi connectivity index (χ0v) is 14.0. The average molecular weight is 372 g/mol. The van der Waals surface area contributed by atoms with Crippen LogP contribution in [0, 0.1) is 0 Å². The second kappa shape index (κ2) is 6.99. The molecule has 0 amide bonds. The van der Waals surface area contributed by atoms with Crippen LogP contribution in [0.2, 0.25) is 10.0 Å². The summed E-state index contributed by atoms with van der Waals surface area (Å²) in [6.07, 6.45) is 1.56. The maximum atomic E-state index is 11.8. The van der Waals surface area contributed by atoms with Crippen molar-refractivity contribution in [1.82, 2.24) is 0 Å². The van der Waals surface area contributed by atoms with Gasteiger partial charge in [-0.1, -0.05) is 29.3 Å². The third-order valence-corrected chi connectivity index (χ3v) is 4.67. The van der Waals surface area contributed by atoms with Gasteiger partial charge in [0.2, 0.25) is 0 Å². The summed E-state index contributed by atoms with van der Waals surface area (Å²) in [6.45, 7) is 0. The number of sulfonamides is 1. The van der Waals surface area contributed by atoms with Crippen LogP contribution >= 0.6 is 23.2 Å². The predicted molar refractivity (Wildman–Crippen MR) is 91.7 cm³/mol. The van der Waals surface area contributed by atoms with E-state index in [0.717, 1.165) is 0 Å². The van der Waals surface area contributed by atoms with E-state index >= 15 is 0 Å². The molecule has 2 aromatic carbocycles. The quantitative estimate of drug-likeness (QED) is 0.544. The SMILES string of the molecule is NC(N)=[NH+]S(=O)(=O)c1ccc(N=Cc2ccc(Cl)cc2Cl)cc1. The molecule has 5 N–H and O–H groups in total. The minimum Gasteiger partial charge on any atom is -0.290 e. The maximum Gasteiger partial charge on any atom is 0.353 e. The molecule has 0 saturated carbocycles. The Morgan fingerprint density at radius 3 is 2.30 bits per heavy atom. The summed E-state index contributed by atoms with van der Waals surface area (Å²) in [5.41, 5.74) is 11.5. The molecule has 23 heavy (non-hydrogen) atoms. The highest BCUT2D eigenvalue weighted by molar-refractivity contribution is 7.84. The number of rotatable bonds is 4. The first-order valence-electron chi connectivity index (χ1n) is 6.28. The number of aliphatic imine (C=N–C) groups is 1. The fourth-order valence-electron chi connectivity index (χ4n) is 1.68. The monoisotopic (exact) mass is 371 g/mol. The highest BCUT2D eigenvalue weighted by Crippen LogP contribution is 2.21. The molecule has 0 aliphatic carbocycles. The van der Waals surface area contributed by atoms with Gasteiger partial charge in [0.25, 0.3) is 0 Å². The van der Waals surface area contributed by atoms with Gasteiger partial charge in [-0.15, -0.1) is 0 Å². The first-order valence-corrected chi connectivity index (χ1v) is 8.52. The molecule has 0 heterocycles. The van der Waals surface area contributed by atoms with Gasteiger partial charge in [0.15, 0.2) is 0 Å². The van der Waals surface area contributed by atoms with Gasteiger partial charge in [-0.3, -0.25) is 16.5 Å². The summed E-state index contributed by atoms with van der Waals surface area (Å²) in [7, 11) is -3.78. The fraction of sp³-hybridized carbons (Fsp3) is 0. The molecular formula is C14H13Cl2N4O2S+. The van der Waals surface area contributed by atoms with Crippen molar-refractivity contribution in [3.63, 3.8) is 0 Å². The molecule has 0 radical (unpaired) electrons. The summed E-state index contributed by atoms with van der Waals surface area (Å²) in [6, 6.07) is 10.9. The second-order valence-corrected chi connectivity index (χ2v) is 7.00. The molecule has 0 fully saturated rings. The standard InChI is InChI=1S/C14H12Cl2N4O2S/c15-10-2-1-9(13(16)7-10)8-19-11-3-5-12(6-4-11)23(21,22)20-14(17)18/h1-8H,(H4,17,18,20)/p+1. The molecule has 2 rings (SSSR count). The van der Waals surface area contributed by atoms with Crippen LogP contribution in [0.4, 0.5) is 5.69 Å². The van der Waals surface area contributed by atoms with E-state index in [1.54, 1.807) is 36.5 Å². The number of nitrogens with one attached hydrogen (secondary N) is 1. The van der Waals surface area contributed by atoms with Crippen molar-refractivity contribution in [2.24, 2.45) is 16.5 Å². The van der Waals surface area contributed by atoms with E-state index in [0.29, 0.717) is 21.3 Å². The molecule has 0 aliphatic heterocycles. The minimum absolute atomic E-state index is 0.0226. The van der Waals surface area contributed by atoms with E-state index in [4.69, 9.17) is 34.7 Å². The summed E-state index contributed by atoms with van der Waals surface area (Å²) in [5.74, 6) is -0.399. The third kappa shape index (κ3) is 4.69. The van der Waals surface area contributed by atoms with Crippen LogP contribution in [0.3, 0.4) is 0 Å². The molecule has 6 nitrogen and oxygen atoms in total. The van der Waals surface area contributed by atoms with Gasteiger partial charge in [0.05, 0.1) is 10.7 Å². The van der Waals surface area contributed by atoms with E-state index in [9.17, 15) is 8.42 Å². The van der Waals surface area contributed by atoms with Crippen LogP contribution in [-0.4, -0.2) is 20.6 Å². The first kappa shape index (κ1) is 17.3. The molecule has 9 heteroatoms. The van der Waals surface area contributed by atoms with E-state index in [1.807, 2.05) is 4.40 Å². The number of nitrogens with zero attached hydrogens (tertiary/aromatic N) is 1. The van der Waals surface area contributed by atoms with E-state index in [-0.39, 0.29) is 4.90 Å². The van der Waals surface area contributed by atoms with Crippen molar-refractivity contribution < 1.29 is 12.8 Å². The van der Waals surface area contributed by atoms with Crippen LogP contribution in [0.25, 0.3) is 0 Å². The lowest BCUT2D eigenvalue weighted by molar-refractivity contribution is -0.270. The smallest absolute Gasteiger partial charge is 0.290 e. The Morgan fingerprint density at radius 1 is 1.09 bits per heavy atom. The van der Waals surface area contributed by atoms with Crippen LogP contribution in [0.5, 0.6) is 0 Å². The summed E-state index contributed by atoms with van der Waals surface area (Å²) in [4.78, 5) is 4.25. The highest BCUT2D eigenvalue weighted by atomic mass is 35.5. The Balaban J connectivity index is 2.23. The number of halogens is 2. The molecule has 0 unspecified atom stereocenters. The molecule has 0 saturated heterocycles. The van der Waals surface area contributed by atoms with Crippen LogP contribution in [0.1, 0.15) is 5.56 Å². The molecule has 0 aliphatic rings. The van der Waals surface area contributed by atoms with E-state index in [2.05, 4.69) is 4.99 Å². The average Bonchev–Trinajstić information content (AvgIpc) is 2.45. The van der Waals surface area contributed by atoms with E-state index < -0.39 is 16.0 Å². The van der Waals surface area contributed by atoms with Crippen molar-refractivity contribution in [3.8, 4) is 0 Å². The van der Waals surface area contributed by atoms with Crippen molar-refractivity contribution in [1.29, 1.82) is 0 Å². The Kier molecular flexibility index (Phi) is 5.25. The molecule has 120 valence electrons. The van der Waals surface area contributed by atoms with E-state index in [1.165, 1.54) is 12.1 Å². The van der Waals surface area contributed by atoms with Crippen molar-refractivity contribution in [3.05, 3.63) is 58.1 Å². The van der Waals surface area contributed by atoms with Gasteiger partial charge in [-0.25, -0.2) is 0 Å². The molecule has 2 aromatic rings. The van der Waals surface area contributed by atoms with Gasteiger partial charge in [-0.05, 0) is 36.4 Å². The van der Waals surface area contributed by atoms with Gasteiger partial charge >= 0.3 is 16.0 Å². The number of hydrogen-bond acceptors (Lipinski definition) is 3. The first-order chi connectivity index (χ1) is 10.8. The zero-order valence-electron chi connectivity index (χ0n) is 11.7. The van der Waals surface area contributed by atoms with Gasteiger partial charge < -0.3 is 0 Å². The Morgan fingerprint density at radius 2 is 1.74 bits per heavy atom. The number of nitrogens with two attached hydrogens (primary N) is 2. The lowest BCUT2D eigenvalue weighted by Crippen LogP contribution is -2.80. The topological polar surface area (TPSA) is 113 Å². The number of guanidine groups is 1. The second-order valence-electron chi connectivity index (χ2n) is 4.48. The van der Waals surface area contributed by atoms with Gasteiger partial charge in [0, 0.05) is 16.8 Å². The summed E-state index contributed by atoms with van der Waals surface area (Å²) in [5, 5.41) is 1.00.